The number of esters is 1. The van der Waals surface area contributed by atoms with E-state index in [2.05, 4.69) is 12.0 Å². The number of primary amides is 1. The normalized spacial score (nSPS) is 12.1. The minimum Gasteiger partial charge on any atom is -0.448 e. The molecular weight excluding hydrogens is 322 g/mol. The molecule has 0 radical (unpaired) electrons. The van der Waals surface area contributed by atoms with E-state index in [0.717, 1.165) is 25.7 Å². The van der Waals surface area contributed by atoms with E-state index in [1.165, 1.54) is 11.6 Å². The second kappa shape index (κ2) is 8.41. The van der Waals surface area contributed by atoms with Crippen LogP contribution in [-0.2, 0) is 16.1 Å². The quantitative estimate of drug-likeness (QED) is 0.582. The number of unbranched alkanes of at least 4 members (excludes halogenated alkanes) is 3. The highest BCUT2D eigenvalue weighted by atomic mass is 16.5. The van der Waals surface area contributed by atoms with Gasteiger partial charge in [0.15, 0.2) is 11.8 Å². The molecule has 25 heavy (non-hydrogen) atoms. The third-order valence-corrected chi connectivity index (χ3v) is 3.97. The molecule has 2 aromatic rings. The van der Waals surface area contributed by atoms with Crippen molar-refractivity contribution in [1.29, 1.82) is 0 Å². The summed E-state index contributed by atoms with van der Waals surface area (Å²) in [6, 6.07) is 6.72. The molecule has 0 bridgehead atoms. The van der Waals surface area contributed by atoms with Crippen molar-refractivity contribution in [3.8, 4) is 0 Å². The van der Waals surface area contributed by atoms with Crippen molar-refractivity contribution in [1.82, 2.24) is 9.78 Å². The summed E-state index contributed by atoms with van der Waals surface area (Å²) in [6.45, 7) is 3.92. The number of aryl methyl sites for hydroxylation is 1. The van der Waals surface area contributed by atoms with Gasteiger partial charge in [-0.15, -0.1) is 0 Å². The second-order valence-electron chi connectivity index (χ2n) is 5.93. The molecule has 7 nitrogen and oxygen atoms in total. The molecule has 0 spiro atoms. The van der Waals surface area contributed by atoms with E-state index >= 15 is 0 Å². The number of hydrogen-bond donors (Lipinski definition) is 1. The molecule has 0 saturated heterocycles. The Morgan fingerprint density at radius 2 is 1.88 bits per heavy atom. The molecule has 0 aliphatic carbocycles. The van der Waals surface area contributed by atoms with Gasteiger partial charge in [-0.25, -0.2) is 9.48 Å². The maximum atomic E-state index is 12.6. The molecule has 1 atom stereocenters. The van der Waals surface area contributed by atoms with Crippen LogP contribution in [0.5, 0.6) is 0 Å². The number of amides is 1. The standard InChI is InChI=1S/C18H23N3O4/c1-3-4-5-8-11-21-17(23)14-10-7-6-9-13(14)15(20-21)18(24)25-12(2)16(19)22/h6-7,9-10,12H,3-5,8,11H2,1-2H3,(H2,19,22)/t12-/m1/s1. The molecule has 2 N–H and O–H groups in total. The predicted molar refractivity (Wildman–Crippen MR) is 94.2 cm³/mol. The number of rotatable bonds is 8. The van der Waals surface area contributed by atoms with E-state index in [4.69, 9.17) is 10.5 Å². The van der Waals surface area contributed by atoms with E-state index in [0.29, 0.717) is 17.3 Å². The summed E-state index contributed by atoms with van der Waals surface area (Å²) in [5.74, 6) is -1.52. The molecule has 0 saturated carbocycles. The highest BCUT2D eigenvalue weighted by molar-refractivity contribution is 6.02. The predicted octanol–water partition coefficient (Wildman–Crippen LogP) is 2.01. The number of carbonyl (C=O) groups excluding carboxylic acids is 2. The van der Waals surface area contributed by atoms with Gasteiger partial charge in [0.25, 0.3) is 11.5 Å². The highest BCUT2D eigenvalue weighted by Crippen LogP contribution is 2.15. The number of benzene rings is 1. The average Bonchev–Trinajstić information content (AvgIpc) is 2.60. The first-order valence-corrected chi connectivity index (χ1v) is 8.45. The van der Waals surface area contributed by atoms with E-state index in [-0.39, 0.29) is 11.3 Å². The van der Waals surface area contributed by atoms with Gasteiger partial charge in [-0.05, 0) is 19.4 Å². The second-order valence-corrected chi connectivity index (χ2v) is 5.93. The summed E-state index contributed by atoms with van der Waals surface area (Å²) in [4.78, 5) is 36.1. The first-order chi connectivity index (χ1) is 12.0. The van der Waals surface area contributed by atoms with Crippen LogP contribution in [0.15, 0.2) is 29.1 Å². The smallest absolute Gasteiger partial charge is 0.360 e. The lowest BCUT2D eigenvalue weighted by Crippen LogP contribution is -2.32. The molecule has 1 aromatic heterocycles. The molecule has 1 amide bonds. The zero-order valence-corrected chi connectivity index (χ0v) is 14.5. The van der Waals surface area contributed by atoms with Crippen molar-refractivity contribution in [3.05, 3.63) is 40.3 Å². The lowest BCUT2D eigenvalue weighted by Gasteiger charge is -2.13. The minimum absolute atomic E-state index is 0.0128. The molecule has 134 valence electrons. The Labute approximate surface area is 145 Å². The Morgan fingerprint density at radius 3 is 2.52 bits per heavy atom. The molecule has 7 heteroatoms. The molecule has 1 aromatic carbocycles. The van der Waals surface area contributed by atoms with Gasteiger partial charge in [-0.1, -0.05) is 44.4 Å². The Kier molecular flexibility index (Phi) is 6.27. The van der Waals surface area contributed by atoms with Crippen molar-refractivity contribution < 1.29 is 14.3 Å². The van der Waals surface area contributed by atoms with Crippen LogP contribution in [0.25, 0.3) is 10.8 Å². The molecule has 0 aliphatic heterocycles. The van der Waals surface area contributed by atoms with Crippen LogP contribution in [-0.4, -0.2) is 27.8 Å². The number of hydrogen-bond acceptors (Lipinski definition) is 5. The summed E-state index contributed by atoms with van der Waals surface area (Å²) >= 11 is 0. The summed E-state index contributed by atoms with van der Waals surface area (Å²) in [5, 5.41) is 4.98. The Morgan fingerprint density at radius 1 is 1.20 bits per heavy atom. The summed E-state index contributed by atoms with van der Waals surface area (Å²) in [6.07, 6.45) is 2.87. The van der Waals surface area contributed by atoms with E-state index in [1.54, 1.807) is 24.3 Å². The summed E-state index contributed by atoms with van der Waals surface area (Å²) < 4.78 is 6.35. The number of fused-ring (bicyclic) bond motifs is 1. The average molecular weight is 345 g/mol. The maximum Gasteiger partial charge on any atom is 0.360 e. The van der Waals surface area contributed by atoms with Crippen LogP contribution >= 0.6 is 0 Å². The van der Waals surface area contributed by atoms with Crippen LogP contribution in [0.2, 0.25) is 0 Å². The van der Waals surface area contributed by atoms with Crippen LogP contribution in [0.1, 0.15) is 50.0 Å². The monoisotopic (exact) mass is 345 g/mol. The van der Waals surface area contributed by atoms with Gasteiger partial charge in [0.1, 0.15) is 0 Å². The van der Waals surface area contributed by atoms with Gasteiger partial charge in [0.2, 0.25) is 0 Å². The SMILES string of the molecule is CCCCCCn1nc(C(=O)O[C@H](C)C(N)=O)c2ccccc2c1=O. The number of nitrogens with zero attached hydrogens (tertiary/aromatic N) is 2. The number of ether oxygens (including phenoxy) is 1. The minimum atomic E-state index is -1.07. The van der Waals surface area contributed by atoms with E-state index in [9.17, 15) is 14.4 Å². The van der Waals surface area contributed by atoms with Crippen molar-refractivity contribution in [2.75, 3.05) is 0 Å². The lowest BCUT2D eigenvalue weighted by molar-refractivity contribution is -0.125. The fraction of sp³-hybridized carbons (Fsp3) is 0.444. The fourth-order valence-electron chi connectivity index (χ4n) is 2.50. The zero-order chi connectivity index (χ0) is 18.4. The first-order valence-electron chi connectivity index (χ1n) is 8.45. The van der Waals surface area contributed by atoms with Crippen molar-refractivity contribution in [2.24, 2.45) is 5.73 Å². The lowest BCUT2D eigenvalue weighted by atomic mass is 10.1. The van der Waals surface area contributed by atoms with Gasteiger partial charge in [-0.2, -0.15) is 5.10 Å². The number of nitrogens with two attached hydrogens (primary N) is 1. The summed E-state index contributed by atoms with van der Waals surface area (Å²) in [5.41, 5.74) is 4.90. The van der Waals surface area contributed by atoms with Crippen LogP contribution in [0, 0.1) is 0 Å². The number of carbonyl (C=O) groups is 2. The van der Waals surface area contributed by atoms with Gasteiger partial charge in [0, 0.05) is 11.9 Å². The van der Waals surface area contributed by atoms with Crippen molar-refractivity contribution >= 4 is 22.6 Å². The molecule has 1 heterocycles. The first kappa shape index (κ1) is 18.6. The zero-order valence-electron chi connectivity index (χ0n) is 14.5. The van der Waals surface area contributed by atoms with Crippen LogP contribution in [0.4, 0.5) is 0 Å². The Bertz CT molecular complexity index is 829. The Hall–Kier alpha value is -2.70. The summed E-state index contributed by atoms with van der Waals surface area (Å²) in [7, 11) is 0. The van der Waals surface area contributed by atoms with Gasteiger partial charge >= 0.3 is 5.97 Å². The van der Waals surface area contributed by atoms with E-state index < -0.39 is 18.0 Å². The molecule has 0 fully saturated rings. The number of aromatic nitrogens is 2. The van der Waals surface area contributed by atoms with Gasteiger partial charge in [0.05, 0.1) is 5.39 Å². The molecular formula is C18H23N3O4. The van der Waals surface area contributed by atoms with Gasteiger partial charge < -0.3 is 10.5 Å². The molecule has 0 aliphatic rings. The van der Waals surface area contributed by atoms with Gasteiger partial charge in [-0.3, -0.25) is 9.59 Å². The van der Waals surface area contributed by atoms with Crippen molar-refractivity contribution in [3.63, 3.8) is 0 Å². The van der Waals surface area contributed by atoms with Crippen molar-refractivity contribution in [2.45, 2.75) is 52.2 Å². The topological polar surface area (TPSA) is 104 Å². The Balaban J connectivity index is 2.40. The highest BCUT2D eigenvalue weighted by Gasteiger charge is 2.21. The fourth-order valence-corrected chi connectivity index (χ4v) is 2.50. The third-order valence-electron chi connectivity index (χ3n) is 3.97. The van der Waals surface area contributed by atoms with E-state index in [1.807, 2.05) is 0 Å². The van der Waals surface area contributed by atoms with Crippen LogP contribution in [0.3, 0.4) is 0 Å². The molecule has 2 rings (SSSR count). The maximum absolute atomic E-state index is 12.6. The largest absolute Gasteiger partial charge is 0.448 e. The molecule has 0 unspecified atom stereocenters. The third kappa shape index (κ3) is 4.43. The van der Waals surface area contributed by atoms with Crippen LogP contribution < -0.4 is 11.3 Å².